The third kappa shape index (κ3) is 7.63. The molecule has 170 valence electrons. The minimum absolute atomic E-state index is 0.127. The van der Waals surface area contributed by atoms with Gasteiger partial charge >= 0.3 is 5.97 Å². The first kappa shape index (κ1) is 23.8. The summed E-state index contributed by atoms with van der Waals surface area (Å²) in [6, 6.07) is 10.5. The molecule has 0 radical (unpaired) electrons. The number of allylic oxidation sites excluding steroid dienone is 1. The molecule has 0 saturated carbocycles. The molecular weight excluding hydrogens is 425 g/mol. The van der Waals surface area contributed by atoms with Crippen molar-refractivity contribution >= 4 is 11.9 Å². The highest BCUT2D eigenvalue weighted by atomic mass is 19.1. The van der Waals surface area contributed by atoms with Gasteiger partial charge in [-0.1, -0.05) is 42.3 Å². The van der Waals surface area contributed by atoms with Crippen LogP contribution in [-0.4, -0.2) is 36.3 Å². The van der Waals surface area contributed by atoms with E-state index >= 15 is 0 Å². The second-order valence-corrected chi connectivity index (χ2v) is 7.25. The van der Waals surface area contributed by atoms with E-state index in [1.807, 2.05) is 12.2 Å². The van der Waals surface area contributed by atoms with E-state index in [9.17, 15) is 19.1 Å². The molecule has 1 atom stereocenters. The number of cyclic esters (lactones) is 1. The fourth-order valence-corrected chi connectivity index (χ4v) is 3.16. The van der Waals surface area contributed by atoms with Gasteiger partial charge in [-0.15, -0.1) is 0 Å². The van der Waals surface area contributed by atoms with Crippen LogP contribution in [0.1, 0.15) is 34.3 Å². The number of hydrogen-bond acceptors (Lipinski definition) is 5. The molecule has 1 aliphatic rings. The van der Waals surface area contributed by atoms with Crippen LogP contribution in [0, 0.1) is 17.7 Å². The third-order valence-corrected chi connectivity index (χ3v) is 4.79. The molecule has 1 heterocycles. The maximum Gasteiger partial charge on any atom is 0.342 e. The van der Waals surface area contributed by atoms with Crippen molar-refractivity contribution in [2.75, 3.05) is 13.2 Å². The van der Waals surface area contributed by atoms with E-state index in [2.05, 4.69) is 17.2 Å². The van der Waals surface area contributed by atoms with Gasteiger partial charge in [0.1, 0.15) is 23.2 Å². The largest absolute Gasteiger partial charge is 0.507 e. The molecule has 7 heteroatoms. The number of ether oxygens (including phenoxy) is 2. The maximum atomic E-state index is 13.2. The van der Waals surface area contributed by atoms with Crippen LogP contribution in [0.15, 0.2) is 66.9 Å². The predicted octanol–water partition coefficient (Wildman–Crippen LogP) is 3.65. The summed E-state index contributed by atoms with van der Waals surface area (Å²) in [6.07, 6.45) is 7.54. The van der Waals surface area contributed by atoms with Gasteiger partial charge in [0.05, 0.1) is 13.2 Å². The Hall–Kier alpha value is -3.89. The minimum Gasteiger partial charge on any atom is -0.507 e. The van der Waals surface area contributed by atoms with Crippen LogP contribution in [0.25, 0.3) is 0 Å². The van der Waals surface area contributed by atoms with Crippen molar-refractivity contribution in [1.29, 1.82) is 0 Å². The SMILES string of the molecule is O=C(C#Cc1cccc(F)c1)N/C=C/C[C@H]1CCOC/C=C\Cc2cccc(O)c2C(=O)O1. The molecule has 0 spiro atoms. The van der Waals surface area contributed by atoms with E-state index in [1.165, 1.54) is 30.5 Å². The number of phenols is 1. The standard InChI is InChI=1S/C26H24FNO5/c27-21-9-3-6-19(18-21)12-13-24(30)28-15-5-10-22-14-17-32-16-2-1-7-20-8-4-11-23(29)25(20)26(31)33-22/h1-6,8-9,11,15,18,22,29H,7,10,14,16-17H2,(H,28,30)/b2-1-,15-5+/t22-/m0/s1. The quantitative estimate of drug-likeness (QED) is 0.425. The molecule has 6 nitrogen and oxygen atoms in total. The number of fused-ring (bicyclic) bond motifs is 1. The number of carbonyl (C=O) groups is 2. The predicted molar refractivity (Wildman–Crippen MR) is 121 cm³/mol. The lowest BCUT2D eigenvalue weighted by Gasteiger charge is -2.18. The Bertz CT molecular complexity index is 1110. The molecule has 33 heavy (non-hydrogen) atoms. The number of hydrogen-bond donors (Lipinski definition) is 2. The Labute approximate surface area is 191 Å². The Morgan fingerprint density at radius 1 is 1.24 bits per heavy atom. The number of benzene rings is 2. The lowest BCUT2D eigenvalue weighted by atomic mass is 10.0. The van der Waals surface area contributed by atoms with Crippen LogP contribution in [0.2, 0.25) is 0 Å². The molecule has 0 unspecified atom stereocenters. The van der Waals surface area contributed by atoms with Gasteiger partial charge in [-0.3, -0.25) is 4.79 Å². The molecule has 0 aliphatic carbocycles. The number of phenolic OH excluding ortho intramolecular Hbond substituents is 1. The average molecular weight is 449 g/mol. The highest BCUT2D eigenvalue weighted by molar-refractivity contribution is 5.95. The molecule has 1 amide bonds. The van der Waals surface area contributed by atoms with Crippen LogP contribution >= 0.6 is 0 Å². The van der Waals surface area contributed by atoms with Crippen molar-refractivity contribution < 1.29 is 28.6 Å². The minimum atomic E-state index is -0.611. The van der Waals surface area contributed by atoms with E-state index in [4.69, 9.17) is 9.47 Å². The van der Waals surface area contributed by atoms with Gasteiger partial charge in [0.15, 0.2) is 0 Å². The first-order valence-electron chi connectivity index (χ1n) is 10.5. The molecule has 0 saturated heterocycles. The topological polar surface area (TPSA) is 84.9 Å². The third-order valence-electron chi connectivity index (χ3n) is 4.79. The Balaban J connectivity index is 1.61. The molecule has 3 rings (SSSR count). The molecule has 0 bridgehead atoms. The van der Waals surface area contributed by atoms with Gasteiger partial charge in [0.2, 0.25) is 0 Å². The molecule has 0 fully saturated rings. The van der Waals surface area contributed by atoms with Crippen molar-refractivity contribution in [3.63, 3.8) is 0 Å². The second kappa shape index (κ2) is 12.2. The zero-order valence-electron chi connectivity index (χ0n) is 17.9. The summed E-state index contributed by atoms with van der Waals surface area (Å²) in [5, 5.41) is 12.7. The Morgan fingerprint density at radius 3 is 2.94 bits per heavy atom. The zero-order valence-corrected chi connectivity index (χ0v) is 17.9. The van der Waals surface area contributed by atoms with E-state index < -0.39 is 23.8 Å². The van der Waals surface area contributed by atoms with Crippen molar-refractivity contribution in [3.8, 4) is 17.6 Å². The normalized spacial score (nSPS) is 17.5. The molecule has 1 aliphatic heterocycles. The summed E-state index contributed by atoms with van der Waals surface area (Å²) >= 11 is 0. The number of nitrogens with one attached hydrogen (secondary N) is 1. The van der Waals surface area contributed by atoms with Gasteiger partial charge in [0, 0.05) is 30.5 Å². The number of rotatable bonds is 3. The van der Waals surface area contributed by atoms with E-state index in [-0.39, 0.29) is 11.3 Å². The number of carbonyl (C=O) groups excluding carboxylic acids is 2. The number of amides is 1. The van der Waals surface area contributed by atoms with Crippen LogP contribution in [0.3, 0.4) is 0 Å². The van der Waals surface area contributed by atoms with Gasteiger partial charge < -0.3 is 19.9 Å². The van der Waals surface area contributed by atoms with Gasteiger partial charge in [-0.25, -0.2) is 9.18 Å². The molecule has 2 aromatic carbocycles. The fourth-order valence-electron chi connectivity index (χ4n) is 3.16. The summed E-state index contributed by atoms with van der Waals surface area (Å²) in [4.78, 5) is 24.6. The molecular formula is C26H24FNO5. The summed E-state index contributed by atoms with van der Waals surface area (Å²) in [6.45, 7) is 0.819. The molecule has 2 aromatic rings. The smallest absolute Gasteiger partial charge is 0.342 e. The van der Waals surface area contributed by atoms with Crippen molar-refractivity contribution in [3.05, 3.63) is 89.4 Å². The first-order valence-corrected chi connectivity index (χ1v) is 10.5. The molecule has 2 N–H and O–H groups in total. The monoisotopic (exact) mass is 449 g/mol. The highest BCUT2D eigenvalue weighted by Gasteiger charge is 2.21. The van der Waals surface area contributed by atoms with Crippen LogP contribution < -0.4 is 5.32 Å². The maximum absolute atomic E-state index is 13.2. The van der Waals surface area contributed by atoms with Crippen molar-refractivity contribution in [2.24, 2.45) is 0 Å². The van der Waals surface area contributed by atoms with Crippen LogP contribution in [0.4, 0.5) is 4.39 Å². The Morgan fingerprint density at radius 2 is 2.09 bits per heavy atom. The Kier molecular flexibility index (Phi) is 8.80. The fraction of sp³-hybridized carbons (Fsp3) is 0.231. The van der Waals surface area contributed by atoms with Crippen molar-refractivity contribution in [2.45, 2.75) is 25.4 Å². The summed E-state index contributed by atoms with van der Waals surface area (Å²) in [5.74, 6) is 3.24. The van der Waals surface area contributed by atoms with Gasteiger partial charge in [0.25, 0.3) is 5.91 Å². The first-order chi connectivity index (χ1) is 16.0. The van der Waals surface area contributed by atoms with E-state index in [1.54, 1.807) is 24.3 Å². The summed E-state index contributed by atoms with van der Waals surface area (Å²) < 4.78 is 24.3. The number of esters is 1. The lowest BCUT2D eigenvalue weighted by Crippen LogP contribution is -2.21. The summed E-state index contributed by atoms with van der Waals surface area (Å²) in [5.41, 5.74) is 1.21. The van der Waals surface area contributed by atoms with E-state index in [0.717, 1.165) is 0 Å². The van der Waals surface area contributed by atoms with Crippen LogP contribution in [-0.2, 0) is 20.7 Å². The molecule has 0 aromatic heterocycles. The van der Waals surface area contributed by atoms with E-state index in [0.29, 0.717) is 43.6 Å². The van der Waals surface area contributed by atoms with Gasteiger partial charge in [-0.2, -0.15) is 0 Å². The average Bonchev–Trinajstić information content (AvgIpc) is 2.78. The van der Waals surface area contributed by atoms with Crippen LogP contribution in [0.5, 0.6) is 5.75 Å². The lowest BCUT2D eigenvalue weighted by molar-refractivity contribution is -0.114. The number of halogens is 1. The second-order valence-electron chi connectivity index (χ2n) is 7.25. The van der Waals surface area contributed by atoms with Gasteiger partial charge in [-0.05, 0) is 36.2 Å². The number of aromatic hydroxyl groups is 1. The summed E-state index contributed by atoms with van der Waals surface area (Å²) in [7, 11) is 0. The highest BCUT2D eigenvalue weighted by Crippen LogP contribution is 2.24. The van der Waals surface area contributed by atoms with Crippen molar-refractivity contribution in [1.82, 2.24) is 5.32 Å². The zero-order chi connectivity index (χ0) is 23.5.